The Morgan fingerprint density at radius 1 is 1.17 bits per heavy atom. The summed E-state index contributed by atoms with van der Waals surface area (Å²) in [5, 5.41) is 6.81. The van der Waals surface area contributed by atoms with Gasteiger partial charge in [-0.1, -0.05) is 6.42 Å². The van der Waals surface area contributed by atoms with Crippen molar-refractivity contribution in [2.24, 2.45) is 34.3 Å². The third kappa shape index (κ3) is 5.30. The van der Waals surface area contributed by atoms with E-state index in [1.165, 1.54) is 29.3 Å². The molecular weight excluding hydrogens is 368 g/mol. The summed E-state index contributed by atoms with van der Waals surface area (Å²) in [5.41, 5.74) is 8.97. The van der Waals surface area contributed by atoms with Crippen molar-refractivity contribution < 1.29 is 4.74 Å². The van der Waals surface area contributed by atoms with E-state index in [2.05, 4.69) is 10.1 Å². The van der Waals surface area contributed by atoms with Crippen molar-refractivity contribution in [2.75, 3.05) is 13.6 Å². The molecule has 2 saturated carbocycles. The standard InChI is InChI=1S/C20H34N8O/c1-13-18(29-15-6-4-3-5-7-15)11-10-16(25-13)19(21)17(27(2)23)12-28(24)20(26-22)14-8-9-14/h10-11,14-15H,3-9,12,21-24H2,1-2H3/b19-17-,26-20-. The molecule has 3 rings (SSSR count). The van der Waals surface area contributed by atoms with Gasteiger partial charge in [-0.3, -0.25) is 5.01 Å². The molecule has 2 aliphatic rings. The average Bonchev–Trinajstić information content (AvgIpc) is 3.53. The van der Waals surface area contributed by atoms with Crippen LogP contribution in [0.3, 0.4) is 0 Å². The number of hydrogen-bond donors (Lipinski definition) is 4. The minimum Gasteiger partial charge on any atom is -0.489 e. The van der Waals surface area contributed by atoms with Gasteiger partial charge in [-0.05, 0) is 57.6 Å². The van der Waals surface area contributed by atoms with Gasteiger partial charge in [0.2, 0.25) is 0 Å². The number of hydrazine groups is 2. The zero-order valence-corrected chi connectivity index (χ0v) is 17.5. The number of nitrogens with zero attached hydrogens (tertiary/aromatic N) is 4. The molecule has 0 aliphatic heterocycles. The summed E-state index contributed by atoms with van der Waals surface area (Å²) in [6.45, 7) is 2.22. The first kappa shape index (κ1) is 21.2. The maximum absolute atomic E-state index is 6.43. The van der Waals surface area contributed by atoms with E-state index in [1.807, 2.05) is 19.1 Å². The largest absolute Gasteiger partial charge is 0.489 e. The van der Waals surface area contributed by atoms with Crippen molar-refractivity contribution >= 4 is 11.5 Å². The van der Waals surface area contributed by atoms with Crippen LogP contribution < -0.4 is 28.0 Å². The molecule has 2 fully saturated rings. The lowest BCUT2D eigenvalue weighted by atomic mass is 9.98. The van der Waals surface area contributed by atoms with Crippen LogP contribution >= 0.6 is 0 Å². The third-order valence-electron chi connectivity index (χ3n) is 5.58. The van der Waals surface area contributed by atoms with Crippen LogP contribution in [0, 0.1) is 12.8 Å². The van der Waals surface area contributed by atoms with Crippen LogP contribution in [0.15, 0.2) is 22.9 Å². The van der Waals surface area contributed by atoms with Crippen molar-refractivity contribution in [1.82, 2.24) is 15.0 Å². The maximum Gasteiger partial charge on any atom is 0.141 e. The van der Waals surface area contributed by atoms with E-state index in [0.717, 1.165) is 37.1 Å². The number of hydrazone groups is 1. The normalized spacial score (nSPS) is 19.0. The molecule has 0 bridgehead atoms. The minimum atomic E-state index is 0.274. The van der Waals surface area contributed by atoms with Gasteiger partial charge in [0.05, 0.1) is 35.4 Å². The summed E-state index contributed by atoms with van der Waals surface area (Å²) in [6.07, 6.45) is 8.30. The number of aromatic nitrogens is 1. The Morgan fingerprint density at radius 3 is 2.41 bits per heavy atom. The molecule has 0 saturated heterocycles. The fourth-order valence-electron chi connectivity index (χ4n) is 3.72. The lowest BCUT2D eigenvalue weighted by molar-refractivity contribution is 0.153. The second-order valence-electron chi connectivity index (χ2n) is 8.02. The van der Waals surface area contributed by atoms with Gasteiger partial charge >= 0.3 is 0 Å². The number of ether oxygens (including phenoxy) is 1. The molecular formula is C20H34N8O. The van der Waals surface area contributed by atoms with E-state index in [-0.39, 0.29) is 12.6 Å². The summed E-state index contributed by atoms with van der Waals surface area (Å²) in [5.74, 6) is 19.5. The lowest BCUT2D eigenvalue weighted by Gasteiger charge is -2.26. The Hall–Kier alpha value is -2.52. The highest BCUT2D eigenvalue weighted by Gasteiger charge is 2.31. The number of pyridine rings is 1. The SMILES string of the molecule is Cc1nc(/C(N)=C(\CN(N)/C(=N\N)C2CC2)N(C)N)ccc1OC1CCCCC1. The van der Waals surface area contributed by atoms with Crippen molar-refractivity contribution in [1.29, 1.82) is 0 Å². The number of hydrogen-bond acceptors (Lipinski definition) is 8. The van der Waals surface area contributed by atoms with Crippen LogP contribution in [0.1, 0.15) is 56.3 Å². The second-order valence-corrected chi connectivity index (χ2v) is 8.02. The maximum atomic E-state index is 6.43. The molecule has 0 radical (unpaired) electrons. The van der Waals surface area contributed by atoms with Crippen molar-refractivity contribution in [3.8, 4) is 5.75 Å². The van der Waals surface area contributed by atoms with Crippen LogP contribution in [0.25, 0.3) is 5.70 Å². The van der Waals surface area contributed by atoms with Crippen LogP contribution in [-0.2, 0) is 0 Å². The van der Waals surface area contributed by atoms with Gasteiger partial charge in [0.25, 0.3) is 0 Å². The summed E-state index contributed by atoms with van der Waals surface area (Å²) >= 11 is 0. The second kappa shape index (κ2) is 9.32. The molecule has 1 aromatic rings. The first-order chi connectivity index (χ1) is 13.9. The van der Waals surface area contributed by atoms with Gasteiger partial charge in [0.1, 0.15) is 11.6 Å². The molecule has 0 amide bonds. The quantitative estimate of drug-likeness (QED) is 0.232. The van der Waals surface area contributed by atoms with Crippen molar-refractivity contribution in [3.63, 3.8) is 0 Å². The Kier molecular flexibility index (Phi) is 6.81. The Balaban J connectivity index is 1.77. The molecule has 0 atom stereocenters. The first-order valence-electron chi connectivity index (χ1n) is 10.3. The van der Waals surface area contributed by atoms with Gasteiger partial charge in [-0.25, -0.2) is 16.7 Å². The number of amidine groups is 1. The van der Waals surface area contributed by atoms with Gasteiger partial charge < -0.3 is 21.3 Å². The summed E-state index contributed by atoms with van der Waals surface area (Å²) < 4.78 is 6.16. The summed E-state index contributed by atoms with van der Waals surface area (Å²) in [4.78, 5) is 4.66. The van der Waals surface area contributed by atoms with Crippen LogP contribution in [-0.4, -0.2) is 40.5 Å². The van der Waals surface area contributed by atoms with E-state index in [1.54, 1.807) is 7.05 Å². The van der Waals surface area contributed by atoms with Gasteiger partial charge in [-0.15, -0.1) is 0 Å². The van der Waals surface area contributed by atoms with Crippen LogP contribution in [0.4, 0.5) is 0 Å². The predicted octanol–water partition coefficient (Wildman–Crippen LogP) is 1.39. The third-order valence-corrected chi connectivity index (χ3v) is 5.58. The highest BCUT2D eigenvalue weighted by molar-refractivity contribution is 5.86. The Labute approximate surface area is 172 Å². The van der Waals surface area contributed by atoms with Crippen LogP contribution in [0.2, 0.25) is 0 Å². The Bertz CT molecular complexity index is 766. The highest BCUT2D eigenvalue weighted by Crippen LogP contribution is 2.31. The number of rotatable bonds is 7. The van der Waals surface area contributed by atoms with E-state index >= 15 is 0 Å². The van der Waals surface area contributed by atoms with Gasteiger partial charge in [-0.2, -0.15) is 5.10 Å². The van der Waals surface area contributed by atoms with Crippen LogP contribution in [0.5, 0.6) is 5.75 Å². The molecule has 8 N–H and O–H groups in total. The molecule has 29 heavy (non-hydrogen) atoms. The fraction of sp³-hybridized carbons (Fsp3) is 0.600. The monoisotopic (exact) mass is 402 g/mol. The van der Waals surface area contributed by atoms with Gasteiger partial charge in [0.15, 0.2) is 0 Å². The number of aryl methyl sites for hydroxylation is 1. The average molecular weight is 403 g/mol. The molecule has 0 spiro atoms. The Morgan fingerprint density at radius 2 is 1.86 bits per heavy atom. The van der Waals surface area contributed by atoms with Crippen molar-refractivity contribution in [3.05, 3.63) is 29.2 Å². The zero-order valence-electron chi connectivity index (χ0n) is 17.5. The van der Waals surface area contributed by atoms with E-state index < -0.39 is 0 Å². The summed E-state index contributed by atoms with van der Waals surface area (Å²) in [6, 6.07) is 3.80. The topological polar surface area (TPSA) is 145 Å². The number of likely N-dealkylation sites (N-methyl/N-ethyl adjacent to an activating group) is 1. The fourth-order valence-corrected chi connectivity index (χ4v) is 3.72. The molecule has 9 nitrogen and oxygen atoms in total. The lowest BCUT2D eigenvalue weighted by Crippen LogP contribution is -2.44. The van der Waals surface area contributed by atoms with E-state index in [9.17, 15) is 0 Å². The molecule has 0 aromatic carbocycles. The van der Waals surface area contributed by atoms with E-state index in [0.29, 0.717) is 28.8 Å². The highest BCUT2D eigenvalue weighted by atomic mass is 16.5. The summed E-state index contributed by atoms with van der Waals surface area (Å²) in [7, 11) is 1.72. The zero-order chi connectivity index (χ0) is 21.0. The molecule has 2 aliphatic carbocycles. The molecule has 160 valence electrons. The minimum absolute atomic E-state index is 0.274. The predicted molar refractivity (Wildman–Crippen MR) is 115 cm³/mol. The molecule has 0 unspecified atom stereocenters. The van der Waals surface area contributed by atoms with Gasteiger partial charge in [0, 0.05) is 13.0 Å². The molecule has 1 aromatic heterocycles. The van der Waals surface area contributed by atoms with Crippen molar-refractivity contribution in [2.45, 2.75) is 58.0 Å². The number of nitrogens with two attached hydrogens (primary N) is 4. The smallest absolute Gasteiger partial charge is 0.141 e. The molecule has 1 heterocycles. The molecule has 9 heteroatoms. The first-order valence-corrected chi connectivity index (χ1v) is 10.3. The van der Waals surface area contributed by atoms with E-state index in [4.69, 9.17) is 28.0 Å².